The maximum atomic E-state index is 13.3. The van der Waals surface area contributed by atoms with Crippen molar-refractivity contribution in [3.05, 3.63) is 71.3 Å². The summed E-state index contributed by atoms with van der Waals surface area (Å²) in [7, 11) is 0. The zero-order valence-corrected chi connectivity index (χ0v) is 14.3. The third-order valence-corrected chi connectivity index (χ3v) is 4.74. The van der Waals surface area contributed by atoms with Crippen molar-refractivity contribution in [2.75, 3.05) is 32.7 Å². The van der Waals surface area contributed by atoms with Gasteiger partial charge in [-0.15, -0.1) is 0 Å². The van der Waals surface area contributed by atoms with Crippen LogP contribution in [0.3, 0.4) is 0 Å². The van der Waals surface area contributed by atoms with E-state index in [1.165, 1.54) is 24.3 Å². The van der Waals surface area contributed by atoms with E-state index >= 15 is 0 Å². The maximum absolute atomic E-state index is 13.3. The maximum Gasteiger partial charge on any atom is 0.123 e. The number of hydrogen-bond donors (Lipinski definition) is 2. The minimum Gasteiger partial charge on any atom is -0.301 e. The molecule has 1 aliphatic heterocycles. The summed E-state index contributed by atoms with van der Waals surface area (Å²) >= 11 is 0. The van der Waals surface area contributed by atoms with Gasteiger partial charge in [0.15, 0.2) is 0 Å². The summed E-state index contributed by atoms with van der Waals surface area (Å²) in [5.41, 5.74) is 8.50. The lowest BCUT2D eigenvalue weighted by atomic mass is 9.87. The number of halogens is 2. The number of nitrogens with zero attached hydrogens (tertiary/aromatic N) is 1. The first-order valence-electron chi connectivity index (χ1n) is 8.91. The van der Waals surface area contributed by atoms with Crippen molar-refractivity contribution >= 4 is 0 Å². The summed E-state index contributed by atoms with van der Waals surface area (Å²) in [5, 5.41) is 0. The molecule has 0 aromatic heterocycles. The summed E-state index contributed by atoms with van der Waals surface area (Å²) < 4.78 is 26.5. The number of hydrogen-bond acceptors (Lipinski definition) is 3. The Labute approximate surface area is 148 Å². The smallest absolute Gasteiger partial charge is 0.123 e. The fraction of sp³-hybridized carbons (Fsp3) is 0.400. The Morgan fingerprint density at radius 3 is 1.76 bits per heavy atom. The largest absolute Gasteiger partial charge is 0.301 e. The first kappa shape index (κ1) is 18.0. The van der Waals surface area contributed by atoms with E-state index in [0.717, 1.165) is 56.7 Å². The van der Waals surface area contributed by atoms with Gasteiger partial charge in [0.05, 0.1) is 0 Å². The van der Waals surface area contributed by atoms with E-state index in [2.05, 4.69) is 15.8 Å². The Kier molecular flexibility index (Phi) is 6.50. The lowest BCUT2D eigenvalue weighted by Gasteiger charge is -2.22. The van der Waals surface area contributed by atoms with E-state index in [0.29, 0.717) is 0 Å². The molecule has 0 unspecified atom stereocenters. The van der Waals surface area contributed by atoms with Crippen LogP contribution in [0.1, 0.15) is 29.9 Å². The van der Waals surface area contributed by atoms with Crippen LogP contribution in [0.15, 0.2) is 48.5 Å². The van der Waals surface area contributed by atoms with Crippen LogP contribution in [0, 0.1) is 11.6 Å². The van der Waals surface area contributed by atoms with Gasteiger partial charge in [0.1, 0.15) is 11.6 Å². The third-order valence-electron chi connectivity index (χ3n) is 4.74. The molecule has 0 saturated carbocycles. The van der Waals surface area contributed by atoms with Crippen LogP contribution in [0.5, 0.6) is 0 Å². The summed E-state index contributed by atoms with van der Waals surface area (Å²) in [6.07, 6.45) is 1.99. The molecule has 0 atom stereocenters. The van der Waals surface area contributed by atoms with E-state index in [-0.39, 0.29) is 17.6 Å². The molecule has 0 spiro atoms. The zero-order valence-electron chi connectivity index (χ0n) is 14.3. The predicted octanol–water partition coefficient (Wildman–Crippen LogP) is 3.29. The summed E-state index contributed by atoms with van der Waals surface area (Å²) in [6.45, 7) is 4.98. The highest BCUT2D eigenvalue weighted by Crippen LogP contribution is 2.29. The molecule has 1 fully saturated rings. The van der Waals surface area contributed by atoms with Crippen molar-refractivity contribution in [3.63, 3.8) is 0 Å². The molecule has 1 saturated heterocycles. The molecule has 0 aliphatic carbocycles. The molecule has 0 amide bonds. The van der Waals surface area contributed by atoms with Gasteiger partial charge in [-0.05, 0) is 54.8 Å². The van der Waals surface area contributed by atoms with Crippen LogP contribution in [-0.2, 0) is 0 Å². The molecule has 2 aromatic carbocycles. The monoisotopic (exact) mass is 345 g/mol. The number of hydrazine groups is 1. The van der Waals surface area contributed by atoms with E-state index in [4.69, 9.17) is 0 Å². The van der Waals surface area contributed by atoms with E-state index in [1.807, 2.05) is 24.3 Å². The Hall–Kier alpha value is -1.82. The van der Waals surface area contributed by atoms with Gasteiger partial charge >= 0.3 is 0 Å². The predicted molar refractivity (Wildman–Crippen MR) is 96.3 cm³/mol. The number of rotatable bonds is 6. The zero-order chi connectivity index (χ0) is 17.5. The molecule has 0 bridgehead atoms. The molecule has 1 heterocycles. The average molecular weight is 345 g/mol. The summed E-state index contributed by atoms with van der Waals surface area (Å²) in [6, 6.07) is 13.3. The quantitative estimate of drug-likeness (QED) is 0.841. The van der Waals surface area contributed by atoms with Gasteiger partial charge in [0.2, 0.25) is 0 Å². The molecular formula is C20H25F2N3. The van der Waals surface area contributed by atoms with E-state index < -0.39 is 0 Å². The molecule has 25 heavy (non-hydrogen) atoms. The van der Waals surface area contributed by atoms with Gasteiger partial charge in [-0.25, -0.2) is 8.78 Å². The third kappa shape index (κ3) is 5.33. The van der Waals surface area contributed by atoms with Gasteiger partial charge in [-0.1, -0.05) is 24.3 Å². The fourth-order valence-corrected chi connectivity index (χ4v) is 3.38. The Bertz CT molecular complexity index is 589. The van der Waals surface area contributed by atoms with Crippen molar-refractivity contribution in [1.29, 1.82) is 0 Å². The highest BCUT2D eigenvalue weighted by Gasteiger charge is 2.16. The topological polar surface area (TPSA) is 27.3 Å². The molecule has 3 rings (SSSR count). The van der Waals surface area contributed by atoms with Crippen molar-refractivity contribution in [2.45, 2.75) is 18.8 Å². The van der Waals surface area contributed by atoms with Crippen molar-refractivity contribution in [2.24, 2.45) is 0 Å². The summed E-state index contributed by atoms with van der Waals surface area (Å²) in [4.78, 5) is 2.44. The SMILES string of the molecule is Fc1ccc(C(CCCN2CCNNCC2)c2ccc(F)cc2)cc1. The van der Waals surface area contributed by atoms with Crippen LogP contribution < -0.4 is 10.9 Å². The molecule has 0 radical (unpaired) electrons. The van der Waals surface area contributed by atoms with Gasteiger partial charge in [0.25, 0.3) is 0 Å². The normalized spacial score (nSPS) is 16.1. The number of nitrogens with one attached hydrogen (secondary N) is 2. The Balaban J connectivity index is 1.67. The van der Waals surface area contributed by atoms with Crippen LogP contribution in [0.2, 0.25) is 0 Å². The minimum absolute atomic E-state index is 0.157. The van der Waals surface area contributed by atoms with Gasteiger partial charge < -0.3 is 4.90 Å². The van der Waals surface area contributed by atoms with Gasteiger partial charge in [0, 0.05) is 32.1 Å². The second-order valence-electron chi connectivity index (χ2n) is 6.49. The van der Waals surface area contributed by atoms with E-state index in [9.17, 15) is 8.78 Å². The first-order chi connectivity index (χ1) is 12.2. The van der Waals surface area contributed by atoms with Crippen molar-refractivity contribution in [3.8, 4) is 0 Å². The fourth-order valence-electron chi connectivity index (χ4n) is 3.38. The van der Waals surface area contributed by atoms with Crippen LogP contribution >= 0.6 is 0 Å². The first-order valence-corrected chi connectivity index (χ1v) is 8.91. The molecule has 2 aromatic rings. The summed E-state index contributed by atoms with van der Waals surface area (Å²) in [5.74, 6) is -0.304. The second-order valence-corrected chi connectivity index (χ2v) is 6.49. The van der Waals surface area contributed by atoms with Crippen LogP contribution in [0.25, 0.3) is 0 Å². The van der Waals surface area contributed by atoms with Crippen LogP contribution in [-0.4, -0.2) is 37.6 Å². The molecule has 134 valence electrons. The lowest BCUT2D eigenvalue weighted by molar-refractivity contribution is 0.290. The average Bonchev–Trinajstić information content (AvgIpc) is 2.90. The molecule has 5 heteroatoms. The molecule has 3 nitrogen and oxygen atoms in total. The van der Waals surface area contributed by atoms with Crippen molar-refractivity contribution in [1.82, 2.24) is 15.8 Å². The second kappa shape index (κ2) is 9.04. The number of benzene rings is 2. The van der Waals surface area contributed by atoms with E-state index in [1.54, 1.807) is 0 Å². The molecule has 1 aliphatic rings. The molecule has 2 N–H and O–H groups in total. The standard InChI is InChI=1S/C20H25F2N3/c21-18-7-3-16(4-8-18)20(17-5-9-19(22)10-6-17)2-1-13-25-14-11-23-24-12-15-25/h3-10,20,23-24H,1-2,11-15H2. The highest BCUT2D eigenvalue weighted by molar-refractivity contribution is 5.32. The highest BCUT2D eigenvalue weighted by atomic mass is 19.1. The Morgan fingerprint density at radius 1 is 0.800 bits per heavy atom. The lowest BCUT2D eigenvalue weighted by Crippen LogP contribution is -2.32. The van der Waals surface area contributed by atoms with Gasteiger partial charge in [-0.2, -0.15) is 0 Å². The molecular weight excluding hydrogens is 320 g/mol. The minimum atomic E-state index is -0.230. The van der Waals surface area contributed by atoms with Crippen LogP contribution in [0.4, 0.5) is 8.78 Å². The van der Waals surface area contributed by atoms with Gasteiger partial charge in [-0.3, -0.25) is 10.9 Å². The Morgan fingerprint density at radius 2 is 1.28 bits per heavy atom. The van der Waals surface area contributed by atoms with Crippen molar-refractivity contribution < 1.29 is 8.78 Å².